The minimum atomic E-state index is -2.22. The van der Waals surface area contributed by atoms with Crippen molar-refractivity contribution < 1.29 is 33.8 Å². The Morgan fingerprint density at radius 2 is 1.20 bits per heavy atom. The van der Waals surface area contributed by atoms with E-state index >= 15 is 0 Å². The molecular formula is C24H16BrCl2NO7. The number of esters is 2. The number of halogens is 3. The standard InChI is InChI=1S/C24H16BrCl2NO7/c25-15-9-3-6-12-18(15)28-21(29)19(34-23(32)13-7-1-4-10-16(13)26)20(22(30)31)35-24(33)14-8-2-5-11-17(14)27/h1-12,19-20H,(H,28,29)(H,30,31)/t19-,20-/m1/s1. The Labute approximate surface area is 217 Å². The van der Waals surface area contributed by atoms with E-state index in [0.29, 0.717) is 4.47 Å². The van der Waals surface area contributed by atoms with Crippen LogP contribution in [0.15, 0.2) is 77.3 Å². The van der Waals surface area contributed by atoms with Crippen molar-refractivity contribution >= 4 is 68.6 Å². The lowest BCUT2D eigenvalue weighted by atomic mass is 10.1. The summed E-state index contributed by atoms with van der Waals surface area (Å²) in [5, 5.41) is 12.3. The van der Waals surface area contributed by atoms with Crippen LogP contribution >= 0.6 is 39.1 Å². The summed E-state index contributed by atoms with van der Waals surface area (Å²) in [5.74, 6) is -5.01. The number of rotatable bonds is 8. The summed E-state index contributed by atoms with van der Waals surface area (Å²) in [6.07, 6.45) is -4.30. The Bertz CT molecular complexity index is 1280. The van der Waals surface area contributed by atoms with E-state index in [1.54, 1.807) is 30.3 Å². The van der Waals surface area contributed by atoms with Gasteiger partial charge in [0.1, 0.15) is 0 Å². The van der Waals surface area contributed by atoms with Crippen molar-refractivity contribution in [3.63, 3.8) is 0 Å². The average Bonchev–Trinajstić information content (AvgIpc) is 2.82. The fourth-order valence-electron chi connectivity index (χ4n) is 2.87. The van der Waals surface area contributed by atoms with Crippen molar-refractivity contribution in [3.05, 3.63) is 98.4 Å². The number of para-hydroxylation sites is 1. The highest BCUT2D eigenvalue weighted by Gasteiger charge is 2.41. The smallest absolute Gasteiger partial charge is 0.349 e. The number of carbonyl (C=O) groups is 4. The second-order valence-corrected chi connectivity index (χ2v) is 8.59. The average molecular weight is 581 g/mol. The molecule has 3 rings (SSSR count). The van der Waals surface area contributed by atoms with E-state index in [2.05, 4.69) is 21.2 Å². The summed E-state index contributed by atoms with van der Waals surface area (Å²) in [6.45, 7) is 0. The molecule has 3 aromatic rings. The van der Waals surface area contributed by atoms with Gasteiger partial charge in [0, 0.05) is 4.47 Å². The third-order valence-corrected chi connectivity index (χ3v) is 5.91. The molecule has 1 amide bonds. The monoisotopic (exact) mass is 579 g/mol. The molecule has 0 fully saturated rings. The molecule has 3 aromatic carbocycles. The lowest BCUT2D eigenvalue weighted by molar-refractivity contribution is -0.157. The lowest BCUT2D eigenvalue weighted by Gasteiger charge is -2.24. The number of nitrogens with one attached hydrogen (secondary N) is 1. The minimum Gasteiger partial charge on any atom is -0.478 e. The van der Waals surface area contributed by atoms with Crippen LogP contribution in [0.3, 0.4) is 0 Å². The predicted octanol–water partition coefficient (Wildman–Crippen LogP) is 5.23. The van der Waals surface area contributed by atoms with Crippen molar-refractivity contribution in [2.45, 2.75) is 12.2 Å². The third kappa shape index (κ3) is 6.60. The molecule has 2 N–H and O–H groups in total. The van der Waals surface area contributed by atoms with Crippen molar-refractivity contribution in [1.82, 2.24) is 0 Å². The molecule has 0 aliphatic carbocycles. The first-order valence-electron chi connectivity index (χ1n) is 9.88. The predicted molar refractivity (Wildman–Crippen MR) is 132 cm³/mol. The van der Waals surface area contributed by atoms with Gasteiger partial charge >= 0.3 is 17.9 Å². The topological polar surface area (TPSA) is 119 Å². The van der Waals surface area contributed by atoms with Crippen LogP contribution in [0.5, 0.6) is 0 Å². The van der Waals surface area contributed by atoms with Gasteiger partial charge in [-0.1, -0.05) is 59.6 Å². The number of carbonyl (C=O) groups excluding carboxylic acids is 3. The molecular weight excluding hydrogens is 565 g/mol. The molecule has 0 bridgehead atoms. The molecule has 0 spiro atoms. The lowest BCUT2D eigenvalue weighted by Crippen LogP contribution is -2.48. The number of carboxylic acid groups (broad SMARTS) is 1. The maximum absolute atomic E-state index is 13.1. The third-order valence-electron chi connectivity index (χ3n) is 4.56. The maximum Gasteiger partial charge on any atom is 0.349 e. The second-order valence-electron chi connectivity index (χ2n) is 6.92. The van der Waals surface area contributed by atoms with Crippen LogP contribution in [0.1, 0.15) is 20.7 Å². The van der Waals surface area contributed by atoms with Crippen molar-refractivity contribution in [2.75, 3.05) is 5.32 Å². The number of hydrogen-bond acceptors (Lipinski definition) is 6. The Morgan fingerprint density at radius 1 is 0.743 bits per heavy atom. The van der Waals surface area contributed by atoms with Gasteiger partial charge in [-0.3, -0.25) is 4.79 Å². The van der Waals surface area contributed by atoms with Crippen molar-refractivity contribution in [2.24, 2.45) is 0 Å². The zero-order chi connectivity index (χ0) is 25.5. The Morgan fingerprint density at radius 3 is 1.69 bits per heavy atom. The van der Waals surface area contributed by atoms with Crippen molar-refractivity contribution in [1.29, 1.82) is 0 Å². The largest absolute Gasteiger partial charge is 0.478 e. The van der Waals surface area contributed by atoms with Gasteiger partial charge in [0.05, 0.1) is 26.9 Å². The van der Waals surface area contributed by atoms with E-state index in [4.69, 9.17) is 32.7 Å². The van der Waals surface area contributed by atoms with Crippen LogP contribution in [-0.4, -0.2) is 41.1 Å². The number of benzene rings is 3. The van der Waals surface area contributed by atoms with Gasteiger partial charge < -0.3 is 19.9 Å². The van der Waals surface area contributed by atoms with Crippen LogP contribution in [0, 0.1) is 0 Å². The summed E-state index contributed by atoms with van der Waals surface area (Å²) in [7, 11) is 0. The molecule has 0 aliphatic heterocycles. The zero-order valence-electron chi connectivity index (χ0n) is 17.6. The highest BCUT2D eigenvalue weighted by molar-refractivity contribution is 9.10. The van der Waals surface area contributed by atoms with Gasteiger partial charge in [0.25, 0.3) is 5.91 Å². The van der Waals surface area contributed by atoms with E-state index in [1.807, 2.05) is 0 Å². The van der Waals surface area contributed by atoms with Gasteiger partial charge in [-0.15, -0.1) is 0 Å². The van der Waals surface area contributed by atoms with E-state index in [-0.39, 0.29) is 26.9 Å². The normalized spacial score (nSPS) is 12.2. The first kappa shape index (κ1) is 26.2. The highest BCUT2D eigenvalue weighted by atomic mass is 79.9. The number of ether oxygens (including phenoxy) is 2. The Kier molecular flexibility index (Phi) is 8.86. The molecule has 35 heavy (non-hydrogen) atoms. The molecule has 8 nitrogen and oxygen atoms in total. The molecule has 0 radical (unpaired) electrons. The van der Waals surface area contributed by atoms with Gasteiger partial charge in [-0.25, -0.2) is 14.4 Å². The minimum absolute atomic E-state index is 0.00363. The molecule has 11 heteroatoms. The van der Waals surface area contributed by atoms with Gasteiger partial charge in [0.2, 0.25) is 12.2 Å². The second kappa shape index (κ2) is 11.8. The van der Waals surface area contributed by atoms with Crippen LogP contribution in [0.2, 0.25) is 10.0 Å². The summed E-state index contributed by atoms with van der Waals surface area (Å²) >= 11 is 15.3. The van der Waals surface area contributed by atoms with E-state index in [9.17, 15) is 24.3 Å². The summed E-state index contributed by atoms with van der Waals surface area (Å²) in [5.41, 5.74) is 0.00935. The molecule has 0 heterocycles. The number of hydrogen-bond donors (Lipinski definition) is 2. The van der Waals surface area contributed by atoms with Crippen LogP contribution in [0.25, 0.3) is 0 Å². The molecule has 0 saturated heterocycles. The van der Waals surface area contributed by atoms with Crippen molar-refractivity contribution in [3.8, 4) is 0 Å². The number of anilines is 1. The summed E-state index contributed by atoms with van der Waals surface area (Å²) < 4.78 is 10.8. The quantitative estimate of drug-likeness (QED) is 0.350. The highest BCUT2D eigenvalue weighted by Crippen LogP contribution is 2.24. The fourth-order valence-corrected chi connectivity index (χ4v) is 3.68. The van der Waals surface area contributed by atoms with Gasteiger partial charge in [-0.2, -0.15) is 0 Å². The van der Waals surface area contributed by atoms with E-state index in [1.165, 1.54) is 42.5 Å². The number of carboxylic acids is 1. The fraction of sp³-hybridized carbons (Fsp3) is 0.0833. The molecule has 0 unspecified atom stereocenters. The van der Waals surface area contributed by atoms with Crippen LogP contribution in [0.4, 0.5) is 5.69 Å². The van der Waals surface area contributed by atoms with E-state index in [0.717, 1.165) is 0 Å². The number of amides is 1. The maximum atomic E-state index is 13.1. The molecule has 2 atom stereocenters. The number of aliphatic carboxylic acids is 1. The van der Waals surface area contributed by atoms with Crippen LogP contribution < -0.4 is 5.32 Å². The molecule has 0 aromatic heterocycles. The first-order chi connectivity index (χ1) is 16.7. The van der Waals surface area contributed by atoms with E-state index < -0.39 is 36.0 Å². The summed E-state index contributed by atoms with van der Waals surface area (Å²) in [4.78, 5) is 50.7. The Hall–Kier alpha value is -3.40. The molecule has 0 saturated carbocycles. The Balaban J connectivity index is 1.95. The summed E-state index contributed by atoms with van der Waals surface area (Å²) in [6, 6.07) is 18.1. The molecule has 0 aliphatic rings. The molecule has 180 valence electrons. The van der Waals surface area contributed by atoms with Gasteiger partial charge in [0.15, 0.2) is 0 Å². The SMILES string of the molecule is O=C(O[C@@H](C(=O)O)[C@@H](OC(=O)c1ccccc1Cl)C(=O)Nc1ccccc1Br)c1ccccc1Cl. The zero-order valence-corrected chi connectivity index (χ0v) is 20.7. The van der Waals surface area contributed by atoms with Gasteiger partial charge in [-0.05, 0) is 52.3 Å². The van der Waals surface area contributed by atoms with Crippen LogP contribution in [-0.2, 0) is 19.1 Å². The first-order valence-corrected chi connectivity index (χ1v) is 11.4.